The van der Waals surface area contributed by atoms with E-state index in [1.54, 1.807) is 6.92 Å². The van der Waals surface area contributed by atoms with Crippen LogP contribution in [0, 0.1) is 0 Å². The van der Waals surface area contributed by atoms with Crippen LogP contribution in [0.3, 0.4) is 0 Å². The molecule has 0 aliphatic heterocycles. The third kappa shape index (κ3) is 3.46. The van der Waals surface area contributed by atoms with E-state index in [1.807, 2.05) is 60.7 Å². The molecule has 1 heterocycles. The van der Waals surface area contributed by atoms with Gasteiger partial charge in [-0.15, -0.1) is 0 Å². The van der Waals surface area contributed by atoms with E-state index >= 15 is 0 Å². The predicted octanol–water partition coefficient (Wildman–Crippen LogP) is 3.71. The number of hydrogen-bond donors (Lipinski definition) is 2. The summed E-state index contributed by atoms with van der Waals surface area (Å²) < 4.78 is 0. The number of imidazole rings is 1. The van der Waals surface area contributed by atoms with Crippen molar-refractivity contribution in [1.82, 2.24) is 9.97 Å². The average molecular weight is 323 g/mol. The number of amides is 1. The third-order valence-electron chi connectivity index (χ3n) is 3.48. The molecule has 1 amide bonds. The molecule has 3 aromatic rings. The van der Waals surface area contributed by atoms with Gasteiger partial charge in [-0.3, -0.25) is 4.79 Å². The van der Waals surface area contributed by atoms with Crippen molar-refractivity contribution < 1.29 is 4.79 Å². The summed E-state index contributed by atoms with van der Waals surface area (Å²) in [5.41, 5.74) is 9.24. The average Bonchev–Trinajstić information content (AvgIpc) is 3.00. The highest BCUT2D eigenvalue weighted by molar-refractivity contribution is 8.00. The fraction of sp³-hybridized carbons (Fsp3) is 0.111. The molecule has 4 nitrogen and oxygen atoms in total. The number of nitrogens with zero attached hydrogens (tertiary/aromatic N) is 1. The Balaban J connectivity index is 2.06. The van der Waals surface area contributed by atoms with Gasteiger partial charge in [0.25, 0.3) is 0 Å². The lowest BCUT2D eigenvalue weighted by Crippen LogP contribution is -2.22. The second kappa shape index (κ2) is 6.71. The Morgan fingerprint density at radius 2 is 1.61 bits per heavy atom. The molecule has 0 aliphatic carbocycles. The van der Waals surface area contributed by atoms with E-state index in [0.717, 1.165) is 22.5 Å². The molecule has 0 spiro atoms. The van der Waals surface area contributed by atoms with Gasteiger partial charge in [-0.25, -0.2) is 4.98 Å². The summed E-state index contributed by atoms with van der Waals surface area (Å²) in [4.78, 5) is 19.3. The molecule has 1 aromatic heterocycles. The molecule has 0 bridgehead atoms. The van der Waals surface area contributed by atoms with Crippen molar-refractivity contribution in [2.75, 3.05) is 0 Å². The zero-order valence-corrected chi connectivity index (χ0v) is 13.5. The van der Waals surface area contributed by atoms with E-state index in [1.165, 1.54) is 11.8 Å². The number of H-pyrrole nitrogens is 1. The summed E-state index contributed by atoms with van der Waals surface area (Å²) in [6.45, 7) is 1.78. The lowest BCUT2D eigenvalue weighted by atomic mass is 10.1. The van der Waals surface area contributed by atoms with Crippen LogP contribution in [-0.2, 0) is 4.79 Å². The molecule has 0 saturated heterocycles. The van der Waals surface area contributed by atoms with Crippen molar-refractivity contribution in [3.8, 4) is 22.5 Å². The summed E-state index contributed by atoms with van der Waals surface area (Å²) in [5.74, 6) is -0.353. The summed E-state index contributed by atoms with van der Waals surface area (Å²) in [6, 6.07) is 20.0. The minimum atomic E-state index is -0.353. The first kappa shape index (κ1) is 15.4. The van der Waals surface area contributed by atoms with Gasteiger partial charge in [0, 0.05) is 11.1 Å². The molecule has 3 rings (SSSR count). The lowest BCUT2D eigenvalue weighted by Gasteiger charge is -2.03. The van der Waals surface area contributed by atoms with Gasteiger partial charge in [-0.2, -0.15) is 0 Å². The monoisotopic (exact) mass is 323 g/mol. The van der Waals surface area contributed by atoms with Crippen LogP contribution in [0.15, 0.2) is 65.8 Å². The highest BCUT2D eigenvalue weighted by Gasteiger charge is 2.18. The van der Waals surface area contributed by atoms with E-state index in [-0.39, 0.29) is 11.2 Å². The maximum absolute atomic E-state index is 11.3. The molecular weight excluding hydrogens is 306 g/mol. The fourth-order valence-electron chi connectivity index (χ4n) is 2.25. The quantitative estimate of drug-likeness (QED) is 0.703. The van der Waals surface area contributed by atoms with Crippen molar-refractivity contribution >= 4 is 17.7 Å². The molecule has 5 heteroatoms. The zero-order valence-electron chi connectivity index (χ0n) is 12.7. The number of primary amides is 1. The van der Waals surface area contributed by atoms with Gasteiger partial charge in [0.05, 0.1) is 16.6 Å². The minimum Gasteiger partial charge on any atom is -0.369 e. The number of nitrogens with one attached hydrogen (secondary N) is 1. The third-order valence-corrected chi connectivity index (χ3v) is 4.48. The summed E-state index contributed by atoms with van der Waals surface area (Å²) in [6.07, 6.45) is 0. The number of carbonyl (C=O) groups excluding carboxylic acids is 1. The molecule has 23 heavy (non-hydrogen) atoms. The van der Waals surface area contributed by atoms with E-state index in [2.05, 4.69) is 9.97 Å². The number of aromatic nitrogens is 2. The van der Waals surface area contributed by atoms with Crippen LogP contribution in [0.5, 0.6) is 0 Å². The highest BCUT2D eigenvalue weighted by atomic mass is 32.2. The van der Waals surface area contributed by atoms with Gasteiger partial charge in [-0.05, 0) is 6.92 Å². The van der Waals surface area contributed by atoms with Crippen LogP contribution in [-0.4, -0.2) is 21.1 Å². The van der Waals surface area contributed by atoms with Crippen LogP contribution in [0.25, 0.3) is 22.5 Å². The first-order valence-corrected chi connectivity index (χ1v) is 8.20. The maximum atomic E-state index is 11.3. The topological polar surface area (TPSA) is 71.8 Å². The molecule has 1 unspecified atom stereocenters. The molecule has 3 N–H and O–H groups in total. The predicted molar refractivity (Wildman–Crippen MR) is 94.0 cm³/mol. The van der Waals surface area contributed by atoms with Crippen molar-refractivity contribution in [2.24, 2.45) is 5.73 Å². The molecular formula is C18H17N3OS. The number of hydrogen-bond acceptors (Lipinski definition) is 3. The first-order chi connectivity index (χ1) is 11.1. The van der Waals surface area contributed by atoms with Gasteiger partial charge in [0.15, 0.2) is 5.16 Å². The molecule has 116 valence electrons. The van der Waals surface area contributed by atoms with Crippen molar-refractivity contribution in [2.45, 2.75) is 17.3 Å². The molecule has 2 aromatic carbocycles. The van der Waals surface area contributed by atoms with E-state index < -0.39 is 0 Å². The van der Waals surface area contributed by atoms with Crippen LogP contribution < -0.4 is 5.73 Å². The molecule has 1 atom stereocenters. The SMILES string of the molecule is CC(Sc1nc(-c2ccccc2)c(-c2ccccc2)[nH]1)C(N)=O. The van der Waals surface area contributed by atoms with Crippen LogP contribution in [0.1, 0.15) is 6.92 Å². The Kier molecular flexibility index (Phi) is 4.48. The first-order valence-electron chi connectivity index (χ1n) is 7.32. The van der Waals surface area contributed by atoms with Gasteiger partial charge in [0.2, 0.25) is 5.91 Å². The normalized spacial score (nSPS) is 12.0. The van der Waals surface area contributed by atoms with Gasteiger partial charge < -0.3 is 10.7 Å². The molecule has 0 radical (unpaired) electrons. The fourth-order valence-corrected chi connectivity index (χ4v) is 3.01. The number of benzene rings is 2. The van der Waals surface area contributed by atoms with Crippen molar-refractivity contribution in [3.05, 3.63) is 60.7 Å². The van der Waals surface area contributed by atoms with Crippen molar-refractivity contribution in [3.63, 3.8) is 0 Å². The Labute approximate surface area is 139 Å². The lowest BCUT2D eigenvalue weighted by molar-refractivity contribution is -0.117. The highest BCUT2D eigenvalue weighted by Crippen LogP contribution is 2.33. The Hall–Kier alpha value is -2.53. The van der Waals surface area contributed by atoms with Gasteiger partial charge >= 0.3 is 0 Å². The Bertz CT molecular complexity index is 743. The summed E-state index contributed by atoms with van der Waals surface area (Å²) in [5, 5.41) is 0.349. The summed E-state index contributed by atoms with van der Waals surface area (Å²) >= 11 is 1.33. The largest absolute Gasteiger partial charge is 0.369 e. The second-order valence-corrected chi connectivity index (χ2v) is 6.49. The Morgan fingerprint density at radius 3 is 2.17 bits per heavy atom. The van der Waals surface area contributed by atoms with Crippen molar-refractivity contribution in [1.29, 1.82) is 0 Å². The number of nitrogens with two attached hydrogens (primary N) is 1. The van der Waals surface area contributed by atoms with Gasteiger partial charge in [0.1, 0.15) is 0 Å². The maximum Gasteiger partial charge on any atom is 0.230 e. The van der Waals surface area contributed by atoms with Crippen LogP contribution in [0.2, 0.25) is 0 Å². The Morgan fingerprint density at radius 1 is 1.04 bits per heavy atom. The van der Waals surface area contributed by atoms with E-state index in [9.17, 15) is 4.79 Å². The zero-order chi connectivity index (χ0) is 16.2. The van der Waals surface area contributed by atoms with E-state index in [4.69, 9.17) is 5.73 Å². The second-order valence-electron chi connectivity index (χ2n) is 5.16. The number of rotatable bonds is 5. The van der Waals surface area contributed by atoms with Crippen LogP contribution >= 0.6 is 11.8 Å². The standard InChI is InChI=1S/C18H17N3OS/c1-12(17(19)22)23-18-20-15(13-8-4-2-5-9-13)16(21-18)14-10-6-3-7-11-14/h2-12H,1H3,(H2,19,22)(H,20,21). The molecule has 0 saturated carbocycles. The summed E-state index contributed by atoms with van der Waals surface area (Å²) in [7, 11) is 0. The smallest absolute Gasteiger partial charge is 0.230 e. The number of thioether (sulfide) groups is 1. The number of carbonyl (C=O) groups is 1. The van der Waals surface area contributed by atoms with E-state index in [0.29, 0.717) is 5.16 Å². The minimum absolute atomic E-state index is 0.339. The van der Waals surface area contributed by atoms with Crippen LogP contribution in [0.4, 0.5) is 0 Å². The number of aromatic amines is 1. The molecule has 0 aliphatic rings. The molecule has 0 fully saturated rings. The van der Waals surface area contributed by atoms with Gasteiger partial charge in [-0.1, -0.05) is 72.4 Å².